The van der Waals surface area contributed by atoms with Crippen molar-refractivity contribution in [3.8, 4) is 11.1 Å². The van der Waals surface area contributed by atoms with Crippen LogP contribution in [0.2, 0.25) is 0 Å². The fourth-order valence-electron chi connectivity index (χ4n) is 2.70. The second-order valence-corrected chi connectivity index (χ2v) is 5.19. The molecule has 0 saturated heterocycles. The standard InChI is InChI=1S/C18H19N/c19-18-8-4-7-17(13-18)16-11-9-15(10-12-16)14-5-2-1-3-6-14/h1-3,5-6,9-13,18H,4,7-8,19H2. The maximum absolute atomic E-state index is 6.01. The summed E-state index contributed by atoms with van der Waals surface area (Å²) < 4.78 is 0. The molecule has 2 N–H and O–H groups in total. The van der Waals surface area contributed by atoms with Gasteiger partial charge in [0.05, 0.1) is 0 Å². The van der Waals surface area contributed by atoms with E-state index >= 15 is 0 Å². The summed E-state index contributed by atoms with van der Waals surface area (Å²) in [6, 6.07) is 19.5. The zero-order valence-corrected chi connectivity index (χ0v) is 11.0. The van der Waals surface area contributed by atoms with Crippen LogP contribution in [0, 0.1) is 0 Å². The highest BCUT2D eigenvalue weighted by Crippen LogP contribution is 2.28. The highest BCUT2D eigenvalue weighted by Gasteiger charge is 2.11. The third-order valence-corrected chi connectivity index (χ3v) is 3.76. The molecule has 1 aliphatic carbocycles. The Morgan fingerprint density at radius 3 is 2.11 bits per heavy atom. The van der Waals surface area contributed by atoms with Gasteiger partial charge in [0.2, 0.25) is 0 Å². The molecule has 19 heavy (non-hydrogen) atoms. The zero-order valence-electron chi connectivity index (χ0n) is 11.0. The fraction of sp³-hybridized carbons (Fsp3) is 0.222. The van der Waals surface area contributed by atoms with Crippen LogP contribution in [0.15, 0.2) is 60.7 Å². The Labute approximate surface area is 114 Å². The average molecular weight is 249 g/mol. The third kappa shape index (κ3) is 2.77. The first-order valence-corrected chi connectivity index (χ1v) is 6.95. The van der Waals surface area contributed by atoms with Crippen LogP contribution >= 0.6 is 0 Å². The van der Waals surface area contributed by atoms with E-state index in [4.69, 9.17) is 5.73 Å². The van der Waals surface area contributed by atoms with Crippen molar-refractivity contribution in [2.24, 2.45) is 5.73 Å². The number of benzene rings is 2. The summed E-state index contributed by atoms with van der Waals surface area (Å²) in [7, 11) is 0. The highest BCUT2D eigenvalue weighted by atomic mass is 14.6. The quantitative estimate of drug-likeness (QED) is 0.846. The molecule has 0 amide bonds. The monoisotopic (exact) mass is 249 g/mol. The molecule has 1 aliphatic rings. The molecule has 0 radical (unpaired) electrons. The maximum atomic E-state index is 6.01. The summed E-state index contributed by atoms with van der Waals surface area (Å²) in [5.74, 6) is 0. The molecular weight excluding hydrogens is 230 g/mol. The average Bonchev–Trinajstić information content (AvgIpc) is 2.48. The van der Waals surface area contributed by atoms with E-state index < -0.39 is 0 Å². The molecule has 0 spiro atoms. The summed E-state index contributed by atoms with van der Waals surface area (Å²) in [5, 5.41) is 0. The normalized spacial score (nSPS) is 19.0. The minimum atomic E-state index is 0.234. The Morgan fingerprint density at radius 1 is 0.789 bits per heavy atom. The van der Waals surface area contributed by atoms with Crippen LogP contribution < -0.4 is 5.73 Å². The van der Waals surface area contributed by atoms with Crippen LogP contribution in [0.3, 0.4) is 0 Å². The Morgan fingerprint density at radius 2 is 1.42 bits per heavy atom. The lowest BCUT2D eigenvalue weighted by molar-refractivity contribution is 0.654. The van der Waals surface area contributed by atoms with Crippen molar-refractivity contribution in [1.29, 1.82) is 0 Å². The van der Waals surface area contributed by atoms with Crippen LogP contribution in [0.25, 0.3) is 16.7 Å². The molecule has 3 rings (SSSR count). The molecular formula is C18H19N. The van der Waals surface area contributed by atoms with Gasteiger partial charge in [-0.1, -0.05) is 60.7 Å². The van der Waals surface area contributed by atoms with Crippen LogP contribution in [-0.4, -0.2) is 6.04 Å². The second kappa shape index (κ2) is 5.41. The minimum Gasteiger partial charge on any atom is -0.324 e. The van der Waals surface area contributed by atoms with E-state index in [1.54, 1.807) is 0 Å². The van der Waals surface area contributed by atoms with Gasteiger partial charge in [0.25, 0.3) is 0 Å². The first-order valence-electron chi connectivity index (χ1n) is 6.95. The summed E-state index contributed by atoms with van der Waals surface area (Å²) in [6.45, 7) is 0. The molecule has 1 atom stereocenters. The molecule has 2 aromatic rings. The van der Waals surface area contributed by atoms with Gasteiger partial charge in [0.15, 0.2) is 0 Å². The largest absolute Gasteiger partial charge is 0.324 e. The van der Waals surface area contributed by atoms with Crippen molar-refractivity contribution in [2.75, 3.05) is 0 Å². The molecule has 0 aliphatic heterocycles. The first kappa shape index (κ1) is 12.2. The minimum absolute atomic E-state index is 0.234. The molecule has 1 heteroatoms. The first-order chi connectivity index (χ1) is 9.33. The van der Waals surface area contributed by atoms with Crippen LogP contribution in [0.1, 0.15) is 24.8 Å². The van der Waals surface area contributed by atoms with E-state index in [0.29, 0.717) is 0 Å². The van der Waals surface area contributed by atoms with Crippen LogP contribution in [0.5, 0.6) is 0 Å². The van der Waals surface area contributed by atoms with Crippen molar-refractivity contribution >= 4 is 5.57 Å². The zero-order chi connectivity index (χ0) is 13.1. The lowest BCUT2D eigenvalue weighted by atomic mass is 9.90. The van der Waals surface area contributed by atoms with Crippen molar-refractivity contribution < 1.29 is 0 Å². The molecule has 0 saturated carbocycles. The van der Waals surface area contributed by atoms with Gasteiger partial charge in [-0.25, -0.2) is 0 Å². The number of nitrogens with two attached hydrogens (primary N) is 1. The fourth-order valence-corrected chi connectivity index (χ4v) is 2.70. The van der Waals surface area contributed by atoms with Gasteiger partial charge in [-0.15, -0.1) is 0 Å². The Kier molecular flexibility index (Phi) is 3.47. The predicted molar refractivity (Wildman–Crippen MR) is 81.7 cm³/mol. The molecule has 1 nitrogen and oxygen atoms in total. The van der Waals surface area contributed by atoms with Crippen molar-refractivity contribution in [1.82, 2.24) is 0 Å². The van der Waals surface area contributed by atoms with E-state index in [9.17, 15) is 0 Å². The van der Waals surface area contributed by atoms with Crippen molar-refractivity contribution in [3.63, 3.8) is 0 Å². The van der Waals surface area contributed by atoms with Gasteiger partial charge >= 0.3 is 0 Å². The van der Waals surface area contributed by atoms with Gasteiger partial charge < -0.3 is 5.73 Å². The topological polar surface area (TPSA) is 26.0 Å². The van der Waals surface area contributed by atoms with Crippen molar-refractivity contribution in [2.45, 2.75) is 25.3 Å². The Hall–Kier alpha value is -1.86. The highest BCUT2D eigenvalue weighted by molar-refractivity contribution is 5.71. The molecule has 0 bridgehead atoms. The lowest BCUT2D eigenvalue weighted by Gasteiger charge is -2.18. The maximum Gasteiger partial charge on any atom is 0.0229 e. The summed E-state index contributed by atoms with van der Waals surface area (Å²) >= 11 is 0. The van der Waals surface area contributed by atoms with Gasteiger partial charge in [-0.3, -0.25) is 0 Å². The number of rotatable bonds is 2. The summed E-state index contributed by atoms with van der Waals surface area (Å²) in [5.41, 5.74) is 11.3. The summed E-state index contributed by atoms with van der Waals surface area (Å²) in [4.78, 5) is 0. The predicted octanol–water partition coefficient (Wildman–Crippen LogP) is 4.25. The SMILES string of the molecule is NC1C=C(c2ccc(-c3ccccc3)cc2)CCC1. The van der Waals surface area contributed by atoms with Gasteiger partial charge in [-0.05, 0) is 41.5 Å². The molecule has 2 aromatic carbocycles. The molecule has 0 aromatic heterocycles. The van der Waals surface area contributed by atoms with Gasteiger partial charge in [0, 0.05) is 6.04 Å². The van der Waals surface area contributed by atoms with Gasteiger partial charge in [-0.2, -0.15) is 0 Å². The lowest BCUT2D eigenvalue weighted by Crippen LogP contribution is -2.19. The van der Waals surface area contributed by atoms with E-state index in [1.165, 1.54) is 28.7 Å². The Bertz CT molecular complexity index is 566. The van der Waals surface area contributed by atoms with E-state index in [1.807, 2.05) is 6.07 Å². The molecule has 0 heterocycles. The van der Waals surface area contributed by atoms with E-state index in [2.05, 4.69) is 54.6 Å². The molecule has 96 valence electrons. The van der Waals surface area contributed by atoms with Gasteiger partial charge in [0.1, 0.15) is 0 Å². The number of hydrogen-bond acceptors (Lipinski definition) is 1. The van der Waals surface area contributed by atoms with Crippen LogP contribution in [-0.2, 0) is 0 Å². The third-order valence-electron chi connectivity index (χ3n) is 3.76. The van der Waals surface area contributed by atoms with E-state index in [0.717, 1.165) is 12.8 Å². The van der Waals surface area contributed by atoms with E-state index in [-0.39, 0.29) is 6.04 Å². The van der Waals surface area contributed by atoms with Crippen molar-refractivity contribution in [3.05, 3.63) is 66.2 Å². The second-order valence-electron chi connectivity index (χ2n) is 5.19. The molecule has 1 unspecified atom stereocenters. The number of hydrogen-bond donors (Lipinski definition) is 1. The smallest absolute Gasteiger partial charge is 0.0229 e. The number of allylic oxidation sites excluding steroid dienone is 1. The van der Waals surface area contributed by atoms with Crippen LogP contribution in [0.4, 0.5) is 0 Å². The summed E-state index contributed by atoms with van der Waals surface area (Å²) in [6.07, 6.45) is 5.69. The molecule has 0 fully saturated rings. The Balaban J connectivity index is 1.87.